The number of para-hydroxylation sites is 1. The summed E-state index contributed by atoms with van der Waals surface area (Å²) in [6.45, 7) is 7.12. The molecule has 0 aliphatic carbocycles. The van der Waals surface area contributed by atoms with Crippen molar-refractivity contribution in [2.24, 2.45) is 0 Å². The summed E-state index contributed by atoms with van der Waals surface area (Å²) < 4.78 is 7.49. The molecule has 1 amide bonds. The van der Waals surface area contributed by atoms with Gasteiger partial charge in [-0.2, -0.15) is 0 Å². The van der Waals surface area contributed by atoms with E-state index in [4.69, 9.17) is 4.74 Å². The normalized spacial score (nSPS) is 10.7. The smallest absolute Gasteiger partial charge is 0.230 e. The van der Waals surface area contributed by atoms with Gasteiger partial charge in [-0.25, -0.2) is 0 Å². The number of carbonyl (C=O) groups excluding carboxylic acids is 1. The molecule has 0 unspecified atom stereocenters. The van der Waals surface area contributed by atoms with Crippen LogP contribution in [0.25, 0.3) is 5.69 Å². The van der Waals surface area contributed by atoms with Gasteiger partial charge in [-0.15, -0.1) is 10.2 Å². The summed E-state index contributed by atoms with van der Waals surface area (Å²) in [7, 11) is 0. The van der Waals surface area contributed by atoms with E-state index in [2.05, 4.69) is 41.5 Å². The van der Waals surface area contributed by atoms with Crippen LogP contribution in [0.4, 0.5) is 0 Å². The predicted octanol–water partition coefficient (Wildman–Crippen LogP) is 3.69. The highest BCUT2D eigenvalue weighted by molar-refractivity contribution is 7.99. The third-order valence-electron chi connectivity index (χ3n) is 4.37. The highest BCUT2D eigenvalue weighted by atomic mass is 32.2. The van der Waals surface area contributed by atoms with E-state index in [0.29, 0.717) is 18.3 Å². The predicted molar refractivity (Wildman–Crippen MR) is 111 cm³/mol. The number of nitrogens with one attached hydrogen (secondary N) is 1. The molecule has 0 radical (unpaired) electrons. The highest BCUT2D eigenvalue weighted by Crippen LogP contribution is 2.21. The van der Waals surface area contributed by atoms with E-state index in [9.17, 15) is 4.79 Å². The lowest BCUT2D eigenvalue weighted by Crippen LogP contribution is -2.25. The Kier molecular flexibility index (Phi) is 6.71. The van der Waals surface area contributed by atoms with Crippen LogP contribution in [-0.4, -0.2) is 33.0 Å². The number of benzene rings is 2. The number of carbonyl (C=O) groups is 1. The Bertz CT molecular complexity index is 955. The van der Waals surface area contributed by atoms with Crippen LogP contribution in [0.5, 0.6) is 5.75 Å². The van der Waals surface area contributed by atoms with Crippen LogP contribution < -0.4 is 10.1 Å². The lowest BCUT2D eigenvalue weighted by atomic mass is 10.1. The van der Waals surface area contributed by atoms with E-state index < -0.39 is 0 Å². The molecule has 0 fully saturated rings. The molecule has 1 N–H and O–H groups in total. The Hall–Kier alpha value is -2.80. The minimum atomic E-state index is -0.0639. The van der Waals surface area contributed by atoms with Gasteiger partial charge >= 0.3 is 0 Å². The molecule has 28 heavy (non-hydrogen) atoms. The fourth-order valence-corrected chi connectivity index (χ4v) is 3.46. The van der Waals surface area contributed by atoms with Gasteiger partial charge in [0.25, 0.3) is 0 Å². The van der Waals surface area contributed by atoms with E-state index >= 15 is 0 Å². The molecule has 2 aromatic carbocycles. The van der Waals surface area contributed by atoms with Gasteiger partial charge in [0.15, 0.2) is 5.16 Å². The Morgan fingerprint density at radius 2 is 2.00 bits per heavy atom. The van der Waals surface area contributed by atoms with Crippen molar-refractivity contribution in [2.75, 3.05) is 12.4 Å². The van der Waals surface area contributed by atoms with Gasteiger partial charge in [0.1, 0.15) is 12.1 Å². The second-order valence-corrected chi connectivity index (χ2v) is 7.30. The van der Waals surface area contributed by atoms with Gasteiger partial charge < -0.3 is 10.1 Å². The molecular formula is C21H24N4O2S. The SMILES string of the molecule is CCOc1ccccc1CNC(=O)CSc1nncn1-c1ccc(C)c(C)c1. The zero-order valence-electron chi connectivity index (χ0n) is 16.3. The molecule has 1 aromatic heterocycles. The summed E-state index contributed by atoms with van der Waals surface area (Å²) in [5.74, 6) is 0.999. The minimum Gasteiger partial charge on any atom is -0.494 e. The van der Waals surface area contributed by atoms with Gasteiger partial charge in [-0.1, -0.05) is 36.0 Å². The van der Waals surface area contributed by atoms with E-state index in [1.807, 2.05) is 41.8 Å². The lowest BCUT2D eigenvalue weighted by molar-refractivity contribution is -0.118. The molecule has 6 nitrogen and oxygen atoms in total. The Morgan fingerprint density at radius 1 is 1.18 bits per heavy atom. The minimum absolute atomic E-state index is 0.0639. The Balaban J connectivity index is 1.59. The van der Waals surface area contributed by atoms with Crippen molar-refractivity contribution in [3.8, 4) is 11.4 Å². The van der Waals surface area contributed by atoms with E-state index in [1.54, 1.807) is 6.33 Å². The van der Waals surface area contributed by atoms with Crippen LogP contribution in [0.3, 0.4) is 0 Å². The fraction of sp³-hybridized carbons (Fsp3) is 0.286. The standard InChI is InChI=1S/C21H24N4O2S/c1-4-27-19-8-6-5-7-17(19)12-22-20(26)13-28-21-24-23-14-25(21)18-10-9-15(2)16(3)11-18/h5-11,14H,4,12-13H2,1-3H3,(H,22,26). The van der Waals surface area contributed by atoms with Gasteiger partial charge in [0, 0.05) is 17.8 Å². The van der Waals surface area contributed by atoms with Crippen LogP contribution in [0.2, 0.25) is 0 Å². The molecule has 0 aliphatic rings. The van der Waals surface area contributed by atoms with Crippen molar-refractivity contribution < 1.29 is 9.53 Å². The Labute approximate surface area is 169 Å². The van der Waals surface area contributed by atoms with Crippen molar-refractivity contribution in [1.29, 1.82) is 0 Å². The zero-order chi connectivity index (χ0) is 19.9. The number of aryl methyl sites for hydroxylation is 2. The van der Waals surface area contributed by atoms with Crippen molar-refractivity contribution in [3.05, 3.63) is 65.5 Å². The van der Waals surface area contributed by atoms with Crippen molar-refractivity contribution in [1.82, 2.24) is 20.1 Å². The van der Waals surface area contributed by atoms with Crippen LogP contribution in [-0.2, 0) is 11.3 Å². The van der Waals surface area contributed by atoms with Gasteiger partial charge in [0.2, 0.25) is 5.91 Å². The fourth-order valence-electron chi connectivity index (χ4n) is 2.70. The molecule has 7 heteroatoms. The molecule has 3 rings (SSSR count). The maximum atomic E-state index is 12.3. The van der Waals surface area contributed by atoms with Crippen LogP contribution in [0.15, 0.2) is 53.9 Å². The average molecular weight is 397 g/mol. The molecule has 146 valence electrons. The van der Waals surface area contributed by atoms with E-state index in [0.717, 1.165) is 17.0 Å². The number of thioether (sulfide) groups is 1. The third kappa shape index (κ3) is 4.92. The molecule has 1 heterocycles. The third-order valence-corrected chi connectivity index (χ3v) is 5.31. The molecule has 3 aromatic rings. The van der Waals surface area contributed by atoms with Crippen LogP contribution in [0.1, 0.15) is 23.6 Å². The monoisotopic (exact) mass is 396 g/mol. The second-order valence-electron chi connectivity index (χ2n) is 6.36. The summed E-state index contributed by atoms with van der Waals surface area (Å²) in [6.07, 6.45) is 1.67. The first-order valence-corrected chi connectivity index (χ1v) is 10.1. The number of ether oxygens (including phenoxy) is 1. The molecule has 0 saturated carbocycles. The van der Waals surface area contributed by atoms with E-state index in [1.165, 1.54) is 22.9 Å². The summed E-state index contributed by atoms with van der Waals surface area (Å²) in [5, 5.41) is 11.8. The Morgan fingerprint density at radius 3 is 2.79 bits per heavy atom. The van der Waals surface area contributed by atoms with Crippen molar-refractivity contribution >= 4 is 17.7 Å². The summed E-state index contributed by atoms with van der Waals surface area (Å²) in [4.78, 5) is 12.3. The number of hydrogen-bond acceptors (Lipinski definition) is 5. The van der Waals surface area contributed by atoms with E-state index in [-0.39, 0.29) is 11.7 Å². The largest absolute Gasteiger partial charge is 0.494 e. The number of rotatable bonds is 8. The molecular weight excluding hydrogens is 372 g/mol. The summed E-state index contributed by atoms with van der Waals surface area (Å²) in [5.41, 5.74) is 4.38. The first-order valence-electron chi connectivity index (χ1n) is 9.16. The van der Waals surface area contributed by atoms with Crippen LogP contribution >= 0.6 is 11.8 Å². The number of aromatic nitrogens is 3. The molecule has 0 saturated heterocycles. The van der Waals surface area contributed by atoms with Gasteiger partial charge in [0.05, 0.1) is 12.4 Å². The molecule has 0 atom stereocenters. The first kappa shape index (κ1) is 19.9. The number of hydrogen-bond donors (Lipinski definition) is 1. The summed E-state index contributed by atoms with van der Waals surface area (Å²) in [6, 6.07) is 13.9. The lowest BCUT2D eigenvalue weighted by Gasteiger charge is -2.11. The number of nitrogens with zero attached hydrogens (tertiary/aromatic N) is 3. The quantitative estimate of drug-likeness (QED) is 0.588. The average Bonchev–Trinajstić information content (AvgIpc) is 3.16. The van der Waals surface area contributed by atoms with Gasteiger partial charge in [-0.05, 0) is 50.1 Å². The second kappa shape index (κ2) is 9.41. The highest BCUT2D eigenvalue weighted by Gasteiger charge is 2.11. The van der Waals surface area contributed by atoms with Crippen molar-refractivity contribution in [2.45, 2.75) is 32.5 Å². The first-order chi connectivity index (χ1) is 13.6. The molecule has 0 bridgehead atoms. The number of amides is 1. The van der Waals surface area contributed by atoms with Crippen molar-refractivity contribution in [3.63, 3.8) is 0 Å². The van der Waals surface area contributed by atoms with Gasteiger partial charge in [-0.3, -0.25) is 9.36 Å². The molecule has 0 spiro atoms. The maximum Gasteiger partial charge on any atom is 0.230 e. The maximum absolute atomic E-state index is 12.3. The topological polar surface area (TPSA) is 69.0 Å². The zero-order valence-corrected chi connectivity index (χ0v) is 17.1. The summed E-state index contributed by atoms with van der Waals surface area (Å²) >= 11 is 1.36. The van der Waals surface area contributed by atoms with Crippen LogP contribution in [0, 0.1) is 13.8 Å². The molecule has 0 aliphatic heterocycles.